The van der Waals surface area contributed by atoms with Gasteiger partial charge in [0, 0.05) is 31.2 Å². The summed E-state index contributed by atoms with van der Waals surface area (Å²) in [6.45, 7) is 3.07. The van der Waals surface area contributed by atoms with Crippen molar-refractivity contribution in [2.75, 3.05) is 13.1 Å². The van der Waals surface area contributed by atoms with Gasteiger partial charge in [0.05, 0.1) is 0 Å². The highest BCUT2D eigenvalue weighted by Crippen LogP contribution is 2.55. The number of likely N-dealkylation sites (tertiary alicyclic amines) is 1. The number of rotatable bonds is 4. The van der Waals surface area contributed by atoms with Gasteiger partial charge in [-0.05, 0) is 85.1 Å². The lowest BCUT2D eigenvalue weighted by molar-refractivity contribution is -0.0136. The molecular weight excluding hydrogens is 330 g/mol. The third-order valence-corrected chi connectivity index (χ3v) is 7.74. The number of thiophene rings is 1. The predicted molar refractivity (Wildman–Crippen MR) is 101 cm³/mol. The number of hydrogen-bond acceptors (Lipinski definition) is 3. The molecule has 25 heavy (non-hydrogen) atoms. The summed E-state index contributed by atoms with van der Waals surface area (Å²) in [5.41, 5.74) is 1.51. The van der Waals surface area contributed by atoms with Crippen LogP contribution in [0.2, 0.25) is 0 Å². The number of amides is 2. The molecule has 1 aromatic heterocycles. The molecule has 1 unspecified atom stereocenters. The van der Waals surface area contributed by atoms with Crippen LogP contribution < -0.4 is 10.6 Å². The number of nitrogens with zero attached hydrogens (tertiary/aromatic N) is 1. The van der Waals surface area contributed by atoms with E-state index in [1.54, 1.807) is 11.3 Å². The van der Waals surface area contributed by atoms with Crippen LogP contribution in [-0.4, -0.2) is 35.6 Å². The Kier molecular flexibility index (Phi) is 4.05. The third-order valence-electron chi connectivity index (χ3n) is 7.01. The molecule has 5 fully saturated rings. The maximum absolute atomic E-state index is 12.7. The maximum Gasteiger partial charge on any atom is 0.315 e. The highest BCUT2D eigenvalue weighted by Gasteiger charge is 2.51. The average molecular weight is 360 g/mol. The Bertz CT molecular complexity index is 594. The Labute approximate surface area is 154 Å². The Morgan fingerprint density at radius 2 is 1.92 bits per heavy atom. The normalized spacial score (nSPS) is 39.7. The first-order valence-corrected chi connectivity index (χ1v) is 10.9. The summed E-state index contributed by atoms with van der Waals surface area (Å²) in [5, 5.41) is 11.1. The molecule has 1 aromatic rings. The van der Waals surface area contributed by atoms with Gasteiger partial charge in [0.1, 0.15) is 0 Å². The van der Waals surface area contributed by atoms with Crippen LogP contribution in [0.5, 0.6) is 0 Å². The van der Waals surface area contributed by atoms with E-state index in [9.17, 15) is 4.79 Å². The number of urea groups is 1. The number of carbonyl (C=O) groups is 1. The molecule has 2 N–H and O–H groups in total. The molecule has 4 aliphatic carbocycles. The van der Waals surface area contributed by atoms with E-state index in [1.165, 1.54) is 44.1 Å². The van der Waals surface area contributed by atoms with Gasteiger partial charge in [-0.2, -0.15) is 11.3 Å². The topological polar surface area (TPSA) is 44.4 Å². The van der Waals surface area contributed by atoms with E-state index in [1.807, 2.05) is 0 Å². The summed E-state index contributed by atoms with van der Waals surface area (Å²) in [6, 6.07) is 2.59. The second kappa shape index (κ2) is 6.27. The molecule has 1 saturated heterocycles. The minimum Gasteiger partial charge on any atom is -0.334 e. The second-order valence-electron chi connectivity index (χ2n) is 9.15. The summed E-state index contributed by atoms with van der Waals surface area (Å²) in [6.07, 6.45) is 9.00. The first-order valence-electron chi connectivity index (χ1n) is 9.98. The lowest BCUT2D eigenvalue weighted by atomic mass is 9.53. The fourth-order valence-corrected chi connectivity index (χ4v) is 7.12. The maximum atomic E-state index is 12.7. The zero-order chi connectivity index (χ0) is 16.9. The fraction of sp³-hybridized carbons (Fsp3) is 0.750. The molecule has 1 aliphatic heterocycles. The van der Waals surface area contributed by atoms with E-state index < -0.39 is 0 Å². The van der Waals surface area contributed by atoms with Crippen molar-refractivity contribution in [1.82, 2.24) is 15.5 Å². The molecule has 5 heteroatoms. The van der Waals surface area contributed by atoms with Gasteiger partial charge in [0.2, 0.25) is 0 Å². The van der Waals surface area contributed by atoms with Gasteiger partial charge in [0.15, 0.2) is 0 Å². The second-order valence-corrected chi connectivity index (χ2v) is 9.93. The molecule has 0 spiro atoms. The van der Waals surface area contributed by atoms with Gasteiger partial charge in [0.25, 0.3) is 0 Å². The molecule has 0 aromatic carbocycles. The summed E-state index contributed by atoms with van der Waals surface area (Å²) in [4.78, 5) is 15.1. The molecule has 4 bridgehead atoms. The molecule has 4 nitrogen and oxygen atoms in total. The first-order chi connectivity index (χ1) is 12.2. The van der Waals surface area contributed by atoms with E-state index in [0.717, 1.165) is 43.8 Å². The zero-order valence-electron chi connectivity index (χ0n) is 14.9. The fourth-order valence-electron chi connectivity index (χ4n) is 6.46. The quantitative estimate of drug-likeness (QED) is 0.863. The van der Waals surface area contributed by atoms with E-state index in [0.29, 0.717) is 6.04 Å². The predicted octanol–water partition coefficient (Wildman–Crippen LogP) is 3.59. The summed E-state index contributed by atoms with van der Waals surface area (Å²) in [5.74, 6) is 2.62. The molecule has 136 valence electrons. The van der Waals surface area contributed by atoms with Crippen molar-refractivity contribution in [2.24, 2.45) is 17.8 Å². The van der Waals surface area contributed by atoms with Crippen molar-refractivity contribution >= 4 is 17.4 Å². The third kappa shape index (κ3) is 3.33. The largest absolute Gasteiger partial charge is 0.334 e. The van der Waals surface area contributed by atoms with Crippen molar-refractivity contribution in [1.29, 1.82) is 0 Å². The lowest BCUT2D eigenvalue weighted by Crippen LogP contribution is -2.62. The Hall–Kier alpha value is -1.07. The van der Waals surface area contributed by atoms with E-state index in [4.69, 9.17) is 0 Å². The van der Waals surface area contributed by atoms with E-state index in [-0.39, 0.29) is 11.6 Å². The molecule has 2 amide bonds. The van der Waals surface area contributed by atoms with Crippen LogP contribution in [0.3, 0.4) is 0 Å². The van der Waals surface area contributed by atoms with Gasteiger partial charge in [-0.15, -0.1) is 0 Å². The van der Waals surface area contributed by atoms with Crippen LogP contribution in [-0.2, 0) is 6.54 Å². The number of nitrogens with one attached hydrogen (secondary N) is 2. The summed E-state index contributed by atoms with van der Waals surface area (Å²) in [7, 11) is 0. The van der Waals surface area contributed by atoms with Gasteiger partial charge < -0.3 is 10.6 Å². The lowest BCUT2D eigenvalue weighted by Gasteiger charge is -2.56. The molecule has 0 radical (unpaired) electrons. The van der Waals surface area contributed by atoms with Crippen LogP contribution in [0, 0.1) is 17.8 Å². The molecule has 2 heterocycles. The molecule has 5 aliphatic rings. The van der Waals surface area contributed by atoms with E-state index >= 15 is 0 Å². The summed E-state index contributed by atoms with van der Waals surface area (Å²) < 4.78 is 0. The molecule has 1 atom stereocenters. The molecular formula is C20H29N3OS. The van der Waals surface area contributed by atoms with Crippen molar-refractivity contribution in [3.63, 3.8) is 0 Å². The average Bonchev–Trinajstić information content (AvgIpc) is 3.18. The van der Waals surface area contributed by atoms with Crippen LogP contribution in [0.1, 0.15) is 50.5 Å². The van der Waals surface area contributed by atoms with Crippen molar-refractivity contribution in [2.45, 2.75) is 63.1 Å². The Balaban J connectivity index is 1.14. The van der Waals surface area contributed by atoms with Crippen molar-refractivity contribution in [3.8, 4) is 0 Å². The first kappa shape index (κ1) is 16.1. The zero-order valence-corrected chi connectivity index (χ0v) is 15.7. The highest BCUT2D eigenvalue weighted by atomic mass is 32.1. The van der Waals surface area contributed by atoms with Gasteiger partial charge in [-0.1, -0.05) is 0 Å². The summed E-state index contributed by atoms with van der Waals surface area (Å²) >= 11 is 1.76. The van der Waals surface area contributed by atoms with E-state index in [2.05, 4.69) is 32.4 Å². The van der Waals surface area contributed by atoms with Crippen LogP contribution in [0.25, 0.3) is 0 Å². The van der Waals surface area contributed by atoms with Gasteiger partial charge >= 0.3 is 6.03 Å². The van der Waals surface area contributed by atoms with Gasteiger partial charge in [-0.25, -0.2) is 4.79 Å². The highest BCUT2D eigenvalue weighted by molar-refractivity contribution is 7.07. The van der Waals surface area contributed by atoms with Gasteiger partial charge in [-0.3, -0.25) is 4.90 Å². The minimum atomic E-state index is 0.0873. The Morgan fingerprint density at radius 1 is 1.20 bits per heavy atom. The standard InChI is InChI=1S/C20H29N3OS/c24-19(21-18-1-3-23(12-18)11-14-2-4-25-13-14)22-20-8-15-5-16(9-20)7-17(6-15)10-20/h2,4,13,15-18H,1,3,5-12H2,(H2,21,22,24). The van der Waals surface area contributed by atoms with Crippen LogP contribution in [0.4, 0.5) is 4.79 Å². The van der Waals surface area contributed by atoms with Crippen molar-refractivity contribution in [3.05, 3.63) is 22.4 Å². The van der Waals surface area contributed by atoms with Crippen LogP contribution >= 0.6 is 11.3 Å². The minimum absolute atomic E-state index is 0.0873. The SMILES string of the molecule is O=C(NC1CCN(Cc2ccsc2)C1)NC12CC3CC(CC(C3)C1)C2. The smallest absolute Gasteiger partial charge is 0.315 e. The Morgan fingerprint density at radius 3 is 2.56 bits per heavy atom. The number of carbonyl (C=O) groups excluding carboxylic acids is 1. The van der Waals surface area contributed by atoms with Crippen molar-refractivity contribution < 1.29 is 4.79 Å². The molecule has 4 saturated carbocycles. The number of hydrogen-bond donors (Lipinski definition) is 2. The monoisotopic (exact) mass is 359 g/mol. The molecule has 6 rings (SSSR count). The van der Waals surface area contributed by atoms with Crippen LogP contribution in [0.15, 0.2) is 16.8 Å².